The van der Waals surface area contributed by atoms with Gasteiger partial charge in [0.05, 0.1) is 5.69 Å². The van der Waals surface area contributed by atoms with E-state index in [-0.39, 0.29) is 5.82 Å². The summed E-state index contributed by atoms with van der Waals surface area (Å²) in [7, 11) is 0. The molecule has 0 aromatic heterocycles. The molecule has 0 aliphatic carbocycles. The van der Waals surface area contributed by atoms with Gasteiger partial charge in [0.2, 0.25) is 0 Å². The number of aldehydes is 1. The third kappa shape index (κ3) is 2.65. The highest BCUT2D eigenvalue weighted by atomic mass is 19.1. The van der Waals surface area contributed by atoms with Gasteiger partial charge in [-0.25, -0.2) is 4.39 Å². The maximum Gasteiger partial charge on any atom is 0.150 e. The first-order chi connectivity index (χ1) is 8.02. The summed E-state index contributed by atoms with van der Waals surface area (Å²) in [5, 5.41) is 0. The fourth-order valence-electron chi connectivity index (χ4n) is 2.21. The highest BCUT2D eigenvalue weighted by Crippen LogP contribution is 2.33. The second kappa shape index (κ2) is 4.47. The van der Waals surface area contributed by atoms with Gasteiger partial charge in [-0.3, -0.25) is 4.79 Å². The van der Waals surface area contributed by atoms with Crippen molar-refractivity contribution in [3.63, 3.8) is 0 Å². The summed E-state index contributed by atoms with van der Waals surface area (Å²) in [6.45, 7) is 6.25. The molecule has 0 atom stereocenters. The minimum absolute atomic E-state index is 0.297. The Balaban J connectivity index is 2.16. The molecule has 0 unspecified atom stereocenters. The number of carbonyl (C=O) groups excluding carboxylic acids is 1. The maximum atomic E-state index is 13.8. The molecule has 2 nitrogen and oxygen atoms in total. The molecule has 3 heteroatoms. The molecule has 0 bridgehead atoms. The van der Waals surface area contributed by atoms with Crippen LogP contribution in [0, 0.1) is 11.2 Å². The monoisotopic (exact) mass is 235 g/mol. The van der Waals surface area contributed by atoms with E-state index in [2.05, 4.69) is 18.7 Å². The zero-order valence-electron chi connectivity index (χ0n) is 10.4. The molecule has 1 aromatic rings. The van der Waals surface area contributed by atoms with Crippen LogP contribution in [0.3, 0.4) is 0 Å². The van der Waals surface area contributed by atoms with E-state index in [1.165, 1.54) is 6.07 Å². The number of rotatable bonds is 2. The molecule has 1 saturated heterocycles. The van der Waals surface area contributed by atoms with Gasteiger partial charge in [0.15, 0.2) is 0 Å². The minimum Gasteiger partial charge on any atom is -0.369 e. The summed E-state index contributed by atoms with van der Waals surface area (Å²) < 4.78 is 13.8. The van der Waals surface area contributed by atoms with Crippen LogP contribution in [0.1, 0.15) is 37.0 Å². The molecule has 0 amide bonds. The number of hydrogen-bond acceptors (Lipinski definition) is 2. The molecule has 17 heavy (non-hydrogen) atoms. The number of hydrogen-bond donors (Lipinski definition) is 0. The predicted molar refractivity (Wildman–Crippen MR) is 67.0 cm³/mol. The predicted octanol–water partition coefficient (Wildman–Crippen LogP) is 3.26. The fourth-order valence-corrected chi connectivity index (χ4v) is 2.21. The number of anilines is 1. The first-order valence-corrected chi connectivity index (χ1v) is 6.01. The van der Waals surface area contributed by atoms with E-state index in [0.29, 0.717) is 23.0 Å². The van der Waals surface area contributed by atoms with Crippen molar-refractivity contribution in [1.29, 1.82) is 0 Å². The van der Waals surface area contributed by atoms with Crippen LogP contribution in [-0.4, -0.2) is 19.4 Å². The van der Waals surface area contributed by atoms with Crippen LogP contribution in [0.25, 0.3) is 0 Å². The molecule has 92 valence electrons. The number of benzene rings is 1. The Bertz CT molecular complexity index is 418. The molecule has 2 rings (SSSR count). The van der Waals surface area contributed by atoms with Crippen molar-refractivity contribution in [2.45, 2.75) is 26.7 Å². The maximum absolute atomic E-state index is 13.8. The number of halogens is 1. The zero-order valence-corrected chi connectivity index (χ0v) is 10.4. The number of piperidine rings is 1. The van der Waals surface area contributed by atoms with Gasteiger partial charge in [-0.1, -0.05) is 13.8 Å². The Labute approximate surface area is 101 Å². The standard InChI is InChI=1S/C14H18FNO/c1-14(2)5-7-16(8-6-14)13-4-3-11(10-17)9-12(13)15/h3-4,9-10H,5-8H2,1-2H3. The van der Waals surface area contributed by atoms with Crippen molar-refractivity contribution in [1.82, 2.24) is 0 Å². The normalized spacial score (nSPS) is 19.1. The Morgan fingerprint density at radius 2 is 1.94 bits per heavy atom. The van der Waals surface area contributed by atoms with E-state index in [4.69, 9.17) is 0 Å². The zero-order chi connectivity index (χ0) is 12.5. The van der Waals surface area contributed by atoms with Gasteiger partial charge >= 0.3 is 0 Å². The van der Waals surface area contributed by atoms with Gasteiger partial charge in [0.25, 0.3) is 0 Å². The van der Waals surface area contributed by atoms with Gasteiger partial charge in [0, 0.05) is 18.7 Å². The molecule has 1 aromatic carbocycles. The lowest BCUT2D eigenvalue weighted by Crippen LogP contribution is -2.37. The van der Waals surface area contributed by atoms with Crippen LogP contribution in [0.4, 0.5) is 10.1 Å². The lowest BCUT2D eigenvalue weighted by Gasteiger charge is -2.38. The summed E-state index contributed by atoms with van der Waals surface area (Å²) in [5.41, 5.74) is 1.37. The lowest BCUT2D eigenvalue weighted by molar-refractivity contribution is 0.112. The second-order valence-corrected chi connectivity index (χ2v) is 5.48. The van der Waals surface area contributed by atoms with Crippen LogP contribution >= 0.6 is 0 Å². The van der Waals surface area contributed by atoms with Gasteiger partial charge in [0.1, 0.15) is 12.1 Å². The Hall–Kier alpha value is -1.38. The average molecular weight is 235 g/mol. The lowest BCUT2D eigenvalue weighted by atomic mass is 9.82. The highest BCUT2D eigenvalue weighted by molar-refractivity contribution is 5.76. The van der Waals surface area contributed by atoms with Gasteiger partial charge in [-0.2, -0.15) is 0 Å². The molecular weight excluding hydrogens is 217 g/mol. The summed E-state index contributed by atoms with van der Waals surface area (Å²) in [5.74, 6) is -0.297. The van der Waals surface area contributed by atoms with Crippen molar-refractivity contribution in [2.24, 2.45) is 5.41 Å². The third-order valence-electron chi connectivity index (χ3n) is 3.57. The Morgan fingerprint density at radius 1 is 1.29 bits per heavy atom. The van der Waals surface area contributed by atoms with Crippen molar-refractivity contribution in [3.8, 4) is 0 Å². The van der Waals surface area contributed by atoms with Crippen LogP contribution in [-0.2, 0) is 0 Å². The average Bonchev–Trinajstić information content (AvgIpc) is 2.29. The topological polar surface area (TPSA) is 20.3 Å². The smallest absolute Gasteiger partial charge is 0.150 e. The first-order valence-electron chi connectivity index (χ1n) is 6.01. The van der Waals surface area contributed by atoms with Crippen LogP contribution in [0.15, 0.2) is 18.2 Å². The van der Waals surface area contributed by atoms with Crippen LogP contribution in [0.5, 0.6) is 0 Å². The molecule has 1 aliphatic rings. The largest absolute Gasteiger partial charge is 0.369 e. The molecular formula is C14H18FNO. The molecule has 0 N–H and O–H groups in total. The highest BCUT2D eigenvalue weighted by Gasteiger charge is 2.26. The summed E-state index contributed by atoms with van der Waals surface area (Å²) in [6, 6.07) is 4.69. The van der Waals surface area contributed by atoms with Gasteiger partial charge < -0.3 is 4.90 Å². The Morgan fingerprint density at radius 3 is 2.47 bits per heavy atom. The van der Waals surface area contributed by atoms with Crippen molar-refractivity contribution in [3.05, 3.63) is 29.6 Å². The number of nitrogens with zero attached hydrogens (tertiary/aromatic N) is 1. The first kappa shape index (κ1) is 12.1. The molecule has 1 heterocycles. The Kier molecular flexibility index (Phi) is 3.18. The van der Waals surface area contributed by atoms with Gasteiger partial charge in [-0.05, 0) is 36.5 Å². The second-order valence-electron chi connectivity index (χ2n) is 5.48. The summed E-state index contributed by atoms with van der Waals surface area (Å²) >= 11 is 0. The number of carbonyl (C=O) groups is 1. The van der Waals surface area contributed by atoms with E-state index >= 15 is 0 Å². The van der Waals surface area contributed by atoms with E-state index < -0.39 is 0 Å². The van der Waals surface area contributed by atoms with Crippen molar-refractivity contribution >= 4 is 12.0 Å². The van der Waals surface area contributed by atoms with Crippen molar-refractivity contribution < 1.29 is 9.18 Å². The summed E-state index contributed by atoms with van der Waals surface area (Å²) in [4.78, 5) is 12.6. The van der Waals surface area contributed by atoms with E-state index in [1.807, 2.05) is 0 Å². The van der Waals surface area contributed by atoms with Crippen LogP contribution < -0.4 is 4.90 Å². The quantitative estimate of drug-likeness (QED) is 0.733. The molecule has 0 saturated carbocycles. The molecule has 1 fully saturated rings. The summed E-state index contributed by atoms with van der Waals surface area (Å²) in [6.07, 6.45) is 2.82. The molecule has 0 spiro atoms. The fraction of sp³-hybridized carbons (Fsp3) is 0.500. The minimum atomic E-state index is -0.297. The molecule has 1 aliphatic heterocycles. The molecule has 0 radical (unpaired) electrons. The van der Waals surface area contributed by atoms with Crippen LogP contribution in [0.2, 0.25) is 0 Å². The van der Waals surface area contributed by atoms with Gasteiger partial charge in [-0.15, -0.1) is 0 Å². The van der Waals surface area contributed by atoms with Crippen molar-refractivity contribution in [2.75, 3.05) is 18.0 Å². The van der Waals surface area contributed by atoms with E-state index in [9.17, 15) is 9.18 Å². The van der Waals surface area contributed by atoms with E-state index in [1.54, 1.807) is 12.1 Å². The SMILES string of the molecule is CC1(C)CCN(c2ccc(C=O)cc2F)CC1. The third-order valence-corrected chi connectivity index (χ3v) is 3.57. The van der Waals surface area contributed by atoms with E-state index in [0.717, 1.165) is 25.9 Å².